The third-order valence-corrected chi connectivity index (χ3v) is 7.66. The molecule has 3 heterocycles. The monoisotopic (exact) mass is 463 g/mol. The topological polar surface area (TPSA) is 54.0 Å². The largest absolute Gasteiger partial charge is 0.465 e. The number of nitrogens with one attached hydrogen (secondary N) is 1. The second-order valence-corrected chi connectivity index (χ2v) is 9.61. The van der Waals surface area contributed by atoms with Gasteiger partial charge in [0.15, 0.2) is 0 Å². The number of hydrogen-bond donors (Lipinski definition) is 1. The summed E-state index contributed by atoms with van der Waals surface area (Å²) in [6.07, 6.45) is 3.47. The molecule has 2 aromatic rings. The predicted octanol–water partition coefficient (Wildman–Crippen LogP) is 3.57. The van der Waals surface area contributed by atoms with Crippen LogP contribution in [0.1, 0.15) is 43.2 Å². The molecule has 0 aliphatic carbocycles. The summed E-state index contributed by atoms with van der Waals surface area (Å²) in [6.45, 7) is 7.56. The van der Waals surface area contributed by atoms with E-state index in [0.717, 1.165) is 52.2 Å². The van der Waals surface area contributed by atoms with Gasteiger partial charge in [-0.05, 0) is 49.6 Å². The van der Waals surface area contributed by atoms with Crippen LogP contribution in [0.15, 0.2) is 54.6 Å². The smallest absolute Gasteiger partial charge is 0.324 e. The van der Waals surface area contributed by atoms with E-state index in [-0.39, 0.29) is 24.0 Å². The highest BCUT2D eigenvalue weighted by Gasteiger charge is 2.53. The summed E-state index contributed by atoms with van der Waals surface area (Å²) >= 11 is 0. The Morgan fingerprint density at radius 3 is 2.53 bits per heavy atom. The Hall–Kier alpha value is -2.41. The lowest BCUT2D eigenvalue weighted by Gasteiger charge is -2.34. The van der Waals surface area contributed by atoms with Crippen molar-refractivity contribution < 1.29 is 14.3 Å². The molecule has 0 saturated carbocycles. The van der Waals surface area contributed by atoms with E-state index in [4.69, 9.17) is 9.47 Å². The summed E-state index contributed by atoms with van der Waals surface area (Å²) in [5, 5.41) is 3.89. The highest BCUT2D eigenvalue weighted by molar-refractivity contribution is 5.78. The average Bonchev–Trinajstić information content (AvgIpc) is 3.23. The van der Waals surface area contributed by atoms with E-state index in [0.29, 0.717) is 12.6 Å². The fourth-order valence-corrected chi connectivity index (χ4v) is 6.07. The molecule has 3 fully saturated rings. The van der Waals surface area contributed by atoms with Crippen molar-refractivity contribution in [1.29, 1.82) is 0 Å². The Morgan fingerprint density at radius 1 is 1.03 bits per heavy atom. The van der Waals surface area contributed by atoms with Gasteiger partial charge in [-0.1, -0.05) is 48.9 Å². The quantitative estimate of drug-likeness (QED) is 0.634. The van der Waals surface area contributed by atoms with Gasteiger partial charge in [0, 0.05) is 43.3 Å². The number of hydrogen-bond acceptors (Lipinski definition) is 6. The molecule has 6 nitrogen and oxygen atoms in total. The number of carbonyl (C=O) groups is 1. The number of anilines is 1. The standard InChI is InChI=1S/C28H37N3O3/c1-2-34-28(32)27-25(22-8-4-3-5-9-22)26(24-10-6-7-15-31(24)27)29-20-21-11-13-23(14-12-21)30-16-18-33-19-17-30/h3-5,8-9,11-14,24-27,29H,2,6-7,10,15-20H2,1H3/t24-,25-,26+,27+/m1/s1. The van der Waals surface area contributed by atoms with E-state index in [1.54, 1.807) is 0 Å². The molecule has 5 rings (SSSR count). The fraction of sp³-hybridized carbons (Fsp3) is 0.536. The third-order valence-electron chi connectivity index (χ3n) is 7.66. The number of piperidine rings is 1. The zero-order chi connectivity index (χ0) is 23.3. The summed E-state index contributed by atoms with van der Waals surface area (Å²) < 4.78 is 11.1. The molecule has 1 N–H and O–H groups in total. The minimum absolute atomic E-state index is 0.0796. The van der Waals surface area contributed by atoms with Crippen LogP contribution in [0, 0.1) is 0 Å². The van der Waals surface area contributed by atoms with Gasteiger partial charge in [0.2, 0.25) is 0 Å². The molecule has 3 aliphatic rings. The van der Waals surface area contributed by atoms with E-state index in [2.05, 4.69) is 63.6 Å². The first-order chi connectivity index (χ1) is 16.8. The molecule has 34 heavy (non-hydrogen) atoms. The van der Waals surface area contributed by atoms with Crippen molar-refractivity contribution in [2.45, 2.75) is 56.8 Å². The van der Waals surface area contributed by atoms with Crippen LogP contribution < -0.4 is 10.2 Å². The lowest BCUT2D eigenvalue weighted by molar-refractivity contribution is -0.149. The maximum Gasteiger partial charge on any atom is 0.324 e. The van der Waals surface area contributed by atoms with Crippen molar-refractivity contribution in [2.75, 3.05) is 44.4 Å². The summed E-state index contributed by atoms with van der Waals surface area (Å²) in [5.74, 6) is -0.00149. The van der Waals surface area contributed by atoms with Crippen molar-refractivity contribution in [2.24, 2.45) is 0 Å². The number of ether oxygens (including phenoxy) is 2. The normalized spacial score (nSPS) is 27.4. The van der Waals surface area contributed by atoms with Crippen LogP contribution in [-0.4, -0.2) is 68.4 Å². The van der Waals surface area contributed by atoms with Crippen LogP contribution in [-0.2, 0) is 20.8 Å². The number of benzene rings is 2. The first-order valence-corrected chi connectivity index (χ1v) is 12.9. The van der Waals surface area contributed by atoms with E-state index >= 15 is 0 Å². The van der Waals surface area contributed by atoms with Crippen LogP contribution in [0.3, 0.4) is 0 Å². The number of fused-ring (bicyclic) bond motifs is 1. The molecule has 2 aromatic carbocycles. The second-order valence-electron chi connectivity index (χ2n) is 9.61. The summed E-state index contributed by atoms with van der Waals surface area (Å²) in [4.78, 5) is 18.0. The SMILES string of the molecule is CCOC(=O)[C@@H]1[C@H](c2ccccc2)[C@@H](NCc2ccc(N3CCOCC3)cc2)[C@H]2CCCCN21. The Bertz CT molecular complexity index is 930. The molecule has 182 valence electrons. The molecule has 4 atom stereocenters. The summed E-state index contributed by atoms with van der Waals surface area (Å²) in [5.41, 5.74) is 3.75. The Morgan fingerprint density at radius 2 is 1.79 bits per heavy atom. The zero-order valence-corrected chi connectivity index (χ0v) is 20.2. The Kier molecular flexibility index (Phi) is 7.48. The van der Waals surface area contributed by atoms with Crippen LogP contribution in [0.2, 0.25) is 0 Å². The zero-order valence-electron chi connectivity index (χ0n) is 20.2. The molecule has 3 aliphatic heterocycles. The van der Waals surface area contributed by atoms with Crippen molar-refractivity contribution in [3.63, 3.8) is 0 Å². The van der Waals surface area contributed by atoms with Gasteiger partial charge in [0.05, 0.1) is 19.8 Å². The molecule has 3 saturated heterocycles. The summed E-state index contributed by atoms with van der Waals surface area (Å²) in [7, 11) is 0. The predicted molar refractivity (Wildman–Crippen MR) is 134 cm³/mol. The fourth-order valence-electron chi connectivity index (χ4n) is 6.07. The maximum atomic E-state index is 13.2. The molecule has 0 spiro atoms. The third kappa shape index (κ3) is 4.85. The molecule has 0 amide bonds. The lowest BCUT2D eigenvalue weighted by Crippen LogP contribution is -2.47. The van der Waals surface area contributed by atoms with E-state index in [9.17, 15) is 4.79 Å². The van der Waals surface area contributed by atoms with Gasteiger partial charge < -0.3 is 19.7 Å². The molecule has 0 aromatic heterocycles. The average molecular weight is 464 g/mol. The van der Waals surface area contributed by atoms with Gasteiger partial charge in [0.1, 0.15) is 6.04 Å². The number of esters is 1. The van der Waals surface area contributed by atoms with E-state index in [1.807, 2.05) is 13.0 Å². The van der Waals surface area contributed by atoms with Gasteiger partial charge in [-0.3, -0.25) is 9.69 Å². The highest BCUT2D eigenvalue weighted by Crippen LogP contribution is 2.42. The number of nitrogens with zero attached hydrogens (tertiary/aromatic N) is 2. The van der Waals surface area contributed by atoms with Gasteiger partial charge in [-0.15, -0.1) is 0 Å². The van der Waals surface area contributed by atoms with Crippen molar-refractivity contribution in [1.82, 2.24) is 10.2 Å². The Balaban J connectivity index is 1.36. The van der Waals surface area contributed by atoms with Gasteiger partial charge in [0.25, 0.3) is 0 Å². The first kappa shape index (κ1) is 23.3. The van der Waals surface area contributed by atoms with Gasteiger partial charge in [-0.25, -0.2) is 0 Å². The molecule has 6 heteroatoms. The van der Waals surface area contributed by atoms with Crippen molar-refractivity contribution in [3.8, 4) is 0 Å². The molecular weight excluding hydrogens is 426 g/mol. The van der Waals surface area contributed by atoms with E-state index < -0.39 is 0 Å². The minimum Gasteiger partial charge on any atom is -0.465 e. The van der Waals surface area contributed by atoms with Gasteiger partial charge in [-0.2, -0.15) is 0 Å². The highest BCUT2D eigenvalue weighted by atomic mass is 16.5. The first-order valence-electron chi connectivity index (χ1n) is 12.9. The lowest BCUT2D eigenvalue weighted by atomic mass is 9.85. The number of rotatable bonds is 7. The minimum atomic E-state index is -0.228. The van der Waals surface area contributed by atoms with E-state index in [1.165, 1.54) is 23.2 Å². The van der Waals surface area contributed by atoms with Crippen molar-refractivity contribution in [3.05, 3.63) is 65.7 Å². The maximum absolute atomic E-state index is 13.2. The van der Waals surface area contributed by atoms with Crippen molar-refractivity contribution >= 4 is 11.7 Å². The Labute approximate surface area is 203 Å². The molecular formula is C28H37N3O3. The molecule has 0 bridgehead atoms. The van der Waals surface area contributed by atoms with Gasteiger partial charge >= 0.3 is 5.97 Å². The van der Waals surface area contributed by atoms with Crippen LogP contribution in [0.25, 0.3) is 0 Å². The van der Waals surface area contributed by atoms with Crippen LogP contribution >= 0.6 is 0 Å². The molecule has 0 unspecified atom stereocenters. The number of morpholine rings is 1. The second kappa shape index (κ2) is 10.9. The summed E-state index contributed by atoms with van der Waals surface area (Å²) in [6, 6.07) is 19.8. The molecule has 0 radical (unpaired) electrons. The van der Waals surface area contributed by atoms with Crippen LogP contribution in [0.5, 0.6) is 0 Å². The number of carbonyl (C=O) groups excluding carboxylic acids is 1. The van der Waals surface area contributed by atoms with Crippen LogP contribution in [0.4, 0.5) is 5.69 Å².